The number of nitrogens with one attached hydrogen (secondary N) is 1. The topological polar surface area (TPSA) is 96.2 Å². The normalized spacial score (nSPS) is 16.7. The van der Waals surface area contributed by atoms with Crippen molar-refractivity contribution >= 4 is 22.6 Å². The molecule has 0 aliphatic heterocycles. The maximum atomic E-state index is 11.8. The van der Waals surface area contributed by atoms with Crippen molar-refractivity contribution in [1.29, 1.82) is 0 Å². The number of H-pyrrole nitrogens is 1. The summed E-state index contributed by atoms with van der Waals surface area (Å²) < 4.78 is 0. The Hall–Kier alpha value is -2.37. The van der Waals surface area contributed by atoms with E-state index in [2.05, 4.69) is 4.98 Å². The van der Waals surface area contributed by atoms with Crippen LogP contribution in [0.5, 0.6) is 0 Å². The quantitative estimate of drug-likeness (QED) is 0.640. The SMILES string of the molecule is Cc1ccc2[nH]cc(C(CC3CCCC3)C(=O)O)c2c1[N+](=O)[O-]. The predicted octanol–water partition coefficient (Wildman–Crippen LogP) is 4.13. The van der Waals surface area contributed by atoms with Gasteiger partial charge in [0.15, 0.2) is 0 Å². The lowest BCUT2D eigenvalue weighted by Gasteiger charge is -2.16. The molecular formula is C17H20N2O4. The minimum absolute atomic E-state index is 0.0106. The van der Waals surface area contributed by atoms with E-state index in [1.54, 1.807) is 25.3 Å². The summed E-state index contributed by atoms with van der Waals surface area (Å²) in [5.41, 5.74) is 1.72. The fourth-order valence-corrected chi connectivity index (χ4v) is 3.79. The highest BCUT2D eigenvalue weighted by Crippen LogP contribution is 2.40. The second kappa shape index (κ2) is 6.02. The van der Waals surface area contributed by atoms with Crippen molar-refractivity contribution in [3.8, 4) is 0 Å². The van der Waals surface area contributed by atoms with E-state index in [-0.39, 0.29) is 5.69 Å². The molecule has 1 aromatic heterocycles. The first-order valence-electron chi connectivity index (χ1n) is 7.96. The van der Waals surface area contributed by atoms with Crippen LogP contribution in [0.3, 0.4) is 0 Å². The number of aromatic amines is 1. The van der Waals surface area contributed by atoms with Crippen molar-refractivity contribution in [3.63, 3.8) is 0 Å². The second-order valence-corrected chi connectivity index (χ2v) is 6.43. The molecule has 0 amide bonds. The van der Waals surface area contributed by atoms with Crippen LogP contribution in [0.15, 0.2) is 18.3 Å². The molecule has 1 saturated carbocycles. The molecule has 2 N–H and O–H groups in total. The first kappa shape index (κ1) is 15.5. The molecule has 23 heavy (non-hydrogen) atoms. The van der Waals surface area contributed by atoms with Crippen LogP contribution < -0.4 is 0 Å². The zero-order valence-corrected chi connectivity index (χ0v) is 13.0. The summed E-state index contributed by atoms with van der Waals surface area (Å²) in [4.78, 5) is 25.9. The number of aliphatic carboxylic acids is 1. The zero-order chi connectivity index (χ0) is 16.6. The maximum absolute atomic E-state index is 11.8. The van der Waals surface area contributed by atoms with Gasteiger partial charge in [-0.25, -0.2) is 0 Å². The van der Waals surface area contributed by atoms with Gasteiger partial charge in [-0.15, -0.1) is 0 Å². The van der Waals surface area contributed by atoms with Crippen molar-refractivity contribution in [2.24, 2.45) is 5.92 Å². The Morgan fingerprint density at radius 1 is 1.43 bits per heavy atom. The van der Waals surface area contributed by atoms with Gasteiger partial charge in [-0.3, -0.25) is 14.9 Å². The van der Waals surface area contributed by atoms with Gasteiger partial charge in [0.05, 0.1) is 21.7 Å². The van der Waals surface area contributed by atoms with E-state index < -0.39 is 16.8 Å². The van der Waals surface area contributed by atoms with Gasteiger partial charge in [0, 0.05) is 11.8 Å². The van der Waals surface area contributed by atoms with Crippen LogP contribution in [0, 0.1) is 23.0 Å². The molecular weight excluding hydrogens is 296 g/mol. The van der Waals surface area contributed by atoms with E-state index >= 15 is 0 Å². The van der Waals surface area contributed by atoms with Crippen LogP contribution in [-0.4, -0.2) is 21.0 Å². The van der Waals surface area contributed by atoms with Crippen molar-refractivity contribution in [2.75, 3.05) is 0 Å². The van der Waals surface area contributed by atoms with Crippen molar-refractivity contribution < 1.29 is 14.8 Å². The molecule has 0 spiro atoms. The van der Waals surface area contributed by atoms with E-state index in [0.717, 1.165) is 25.7 Å². The highest BCUT2D eigenvalue weighted by Gasteiger charge is 2.31. The lowest BCUT2D eigenvalue weighted by atomic mass is 9.87. The highest BCUT2D eigenvalue weighted by molar-refractivity contribution is 5.96. The molecule has 1 heterocycles. The van der Waals surface area contributed by atoms with E-state index in [0.29, 0.717) is 34.4 Å². The van der Waals surface area contributed by atoms with E-state index in [4.69, 9.17) is 0 Å². The number of fused-ring (bicyclic) bond motifs is 1. The number of aryl methyl sites for hydroxylation is 1. The summed E-state index contributed by atoms with van der Waals surface area (Å²) in [5.74, 6) is -1.22. The van der Waals surface area contributed by atoms with Crippen molar-refractivity contribution in [3.05, 3.63) is 39.6 Å². The van der Waals surface area contributed by atoms with E-state index in [1.165, 1.54) is 0 Å². The molecule has 6 nitrogen and oxygen atoms in total. The highest BCUT2D eigenvalue weighted by atomic mass is 16.6. The van der Waals surface area contributed by atoms with Crippen LogP contribution in [0.1, 0.15) is 49.1 Å². The van der Waals surface area contributed by atoms with Crippen molar-refractivity contribution in [2.45, 2.75) is 44.9 Å². The fraction of sp³-hybridized carbons (Fsp3) is 0.471. The van der Waals surface area contributed by atoms with Gasteiger partial charge in [-0.2, -0.15) is 0 Å². The van der Waals surface area contributed by atoms with Gasteiger partial charge >= 0.3 is 5.97 Å². The molecule has 1 aliphatic rings. The second-order valence-electron chi connectivity index (χ2n) is 6.43. The van der Waals surface area contributed by atoms with Crippen LogP contribution in [0.25, 0.3) is 10.9 Å². The van der Waals surface area contributed by atoms with Crippen LogP contribution in [0.4, 0.5) is 5.69 Å². The Bertz CT molecular complexity index is 759. The van der Waals surface area contributed by atoms with Crippen LogP contribution >= 0.6 is 0 Å². The third kappa shape index (κ3) is 2.81. The number of rotatable bonds is 5. The smallest absolute Gasteiger partial charge is 0.311 e. The number of nitro groups is 1. The predicted molar refractivity (Wildman–Crippen MR) is 86.6 cm³/mol. The summed E-state index contributed by atoms with van der Waals surface area (Å²) in [7, 11) is 0. The minimum Gasteiger partial charge on any atom is -0.481 e. The number of carboxylic acid groups (broad SMARTS) is 1. The number of nitrogens with zero attached hydrogens (tertiary/aromatic N) is 1. The Morgan fingerprint density at radius 3 is 2.74 bits per heavy atom. The van der Waals surface area contributed by atoms with Crippen LogP contribution in [-0.2, 0) is 4.79 Å². The summed E-state index contributed by atoms with van der Waals surface area (Å²) in [6, 6.07) is 3.46. The summed E-state index contributed by atoms with van der Waals surface area (Å²) in [6.07, 6.45) is 6.56. The van der Waals surface area contributed by atoms with Gasteiger partial charge < -0.3 is 10.1 Å². The monoisotopic (exact) mass is 316 g/mol. The molecule has 3 rings (SSSR count). The molecule has 1 aromatic carbocycles. The largest absolute Gasteiger partial charge is 0.481 e. The third-order valence-electron chi connectivity index (χ3n) is 4.95. The summed E-state index contributed by atoms with van der Waals surface area (Å²) in [6.45, 7) is 1.68. The molecule has 1 aliphatic carbocycles. The molecule has 1 fully saturated rings. The van der Waals surface area contributed by atoms with Gasteiger partial charge in [0.2, 0.25) is 0 Å². The average molecular weight is 316 g/mol. The zero-order valence-electron chi connectivity index (χ0n) is 13.0. The lowest BCUT2D eigenvalue weighted by Crippen LogP contribution is -2.15. The number of carboxylic acids is 1. The maximum Gasteiger partial charge on any atom is 0.311 e. The van der Waals surface area contributed by atoms with Gasteiger partial charge in [-0.1, -0.05) is 31.7 Å². The standard InChI is InChI=1S/C17H20N2O4/c1-10-6-7-14-15(16(10)19(22)23)13(9-18-14)12(17(20)21)8-11-4-2-3-5-11/h6-7,9,11-12,18H,2-5,8H2,1H3,(H,20,21). The van der Waals surface area contributed by atoms with Gasteiger partial charge in [0.1, 0.15) is 0 Å². The number of hydrogen-bond acceptors (Lipinski definition) is 3. The number of aromatic nitrogens is 1. The molecule has 0 radical (unpaired) electrons. The molecule has 1 unspecified atom stereocenters. The number of carbonyl (C=O) groups is 1. The Morgan fingerprint density at radius 2 is 2.13 bits per heavy atom. The van der Waals surface area contributed by atoms with E-state index in [1.807, 2.05) is 0 Å². The van der Waals surface area contributed by atoms with Gasteiger partial charge in [0.25, 0.3) is 5.69 Å². The molecule has 2 aromatic rings. The molecule has 0 bridgehead atoms. The first-order chi connectivity index (χ1) is 11.0. The van der Waals surface area contributed by atoms with Gasteiger partial charge in [-0.05, 0) is 30.9 Å². The summed E-state index contributed by atoms with van der Waals surface area (Å²) in [5, 5.41) is 21.6. The number of nitro benzene ring substituents is 1. The Labute approximate surface area is 133 Å². The molecule has 1 atom stereocenters. The third-order valence-corrected chi connectivity index (χ3v) is 4.95. The summed E-state index contributed by atoms with van der Waals surface area (Å²) >= 11 is 0. The fourth-order valence-electron chi connectivity index (χ4n) is 3.79. The van der Waals surface area contributed by atoms with E-state index in [9.17, 15) is 20.0 Å². The molecule has 122 valence electrons. The average Bonchev–Trinajstić information content (AvgIpc) is 3.13. The van der Waals surface area contributed by atoms with Crippen molar-refractivity contribution in [1.82, 2.24) is 4.98 Å². The number of hydrogen-bond donors (Lipinski definition) is 2. The van der Waals surface area contributed by atoms with Crippen LogP contribution in [0.2, 0.25) is 0 Å². The first-order valence-corrected chi connectivity index (χ1v) is 7.96. The molecule has 6 heteroatoms. The molecule has 0 saturated heterocycles. The Kier molecular flexibility index (Phi) is 4.07. The minimum atomic E-state index is -0.909. The lowest BCUT2D eigenvalue weighted by molar-refractivity contribution is -0.383. The number of benzene rings is 1. The Balaban J connectivity index is 2.10.